The maximum Gasteiger partial charge on any atom is 0.253 e. The van der Waals surface area contributed by atoms with Gasteiger partial charge in [-0.3, -0.25) is 4.79 Å². The van der Waals surface area contributed by atoms with E-state index >= 15 is 0 Å². The molecule has 0 saturated carbocycles. The average molecular weight is 297 g/mol. The molecule has 0 unspecified atom stereocenters. The van der Waals surface area contributed by atoms with Crippen molar-refractivity contribution in [2.45, 2.75) is 34.2 Å². The van der Waals surface area contributed by atoms with E-state index in [0.717, 1.165) is 21.6 Å². The van der Waals surface area contributed by atoms with Crippen LogP contribution < -0.4 is 4.80 Å². The summed E-state index contributed by atoms with van der Waals surface area (Å²) in [4.78, 5) is 17.0. The summed E-state index contributed by atoms with van der Waals surface area (Å²) >= 11 is 7.50. The Kier molecular flexibility index (Phi) is 3.83. The van der Waals surface area contributed by atoms with E-state index in [0.29, 0.717) is 5.02 Å². The lowest BCUT2D eigenvalue weighted by atomic mass is 9.96. The van der Waals surface area contributed by atoms with E-state index in [9.17, 15) is 4.79 Å². The number of rotatable bonds is 1. The molecular formula is C14H17ClN2OS. The average Bonchev–Trinajstić information content (AvgIpc) is 2.63. The first-order valence-corrected chi connectivity index (χ1v) is 7.40. The van der Waals surface area contributed by atoms with Crippen molar-refractivity contribution < 1.29 is 4.79 Å². The second-order valence-electron chi connectivity index (χ2n) is 5.41. The van der Waals surface area contributed by atoms with Crippen molar-refractivity contribution in [2.24, 2.45) is 10.4 Å². The molecule has 1 heterocycles. The van der Waals surface area contributed by atoms with Gasteiger partial charge in [0.25, 0.3) is 5.91 Å². The third kappa shape index (κ3) is 2.90. The third-order valence-electron chi connectivity index (χ3n) is 2.80. The first kappa shape index (κ1) is 14.3. The molecule has 3 nitrogen and oxygen atoms in total. The maximum atomic E-state index is 12.0. The molecule has 0 spiro atoms. The van der Waals surface area contributed by atoms with Crippen LogP contribution in [0.2, 0.25) is 5.02 Å². The molecule has 0 atom stereocenters. The zero-order valence-electron chi connectivity index (χ0n) is 11.5. The number of hydrogen-bond donors (Lipinski definition) is 0. The Balaban J connectivity index is 2.67. The Labute approximate surface area is 121 Å². The van der Waals surface area contributed by atoms with Crippen LogP contribution in [-0.4, -0.2) is 10.5 Å². The van der Waals surface area contributed by atoms with Crippen LogP contribution in [0, 0.1) is 5.41 Å². The third-order valence-corrected chi connectivity index (χ3v) is 4.08. The molecule has 2 rings (SSSR count). The van der Waals surface area contributed by atoms with Crippen molar-refractivity contribution >= 4 is 39.1 Å². The second-order valence-corrected chi connectivity index (χ2v) is 6.85. The summed E-state index contributed by atoms with van der Waals surface area (Å²) in [6.07, 6.45) is 0. The molecule has 1 aromatic heterocycles. The number of nitrogens with zero attached hydrogens (tertiary/aromatic N) is 2. The Morgan fingerprint density at radius 1 is 1.42 bits per heavy atom. The molecule has 0 aliphatic rings. The van der Waals surface area contributed by atoms with Gasteiger partial charge in [-0.1, -0.05) is 43.7 Å². The fourth-order valence-corrected chi connectivity index (χ4v) is 3.06. The highest BCUT2D eigenvalue weighted by Crippen LogP contribution is 2.22. The molecular weight excluding hydrogens is 280 g/mol. The zero-order chi connectivity index (χ0) is 14.2. The minimum Gasteiger partial charge on any atom is -0.317 e. The van der Waals surface area contributed by atoms with Gasteiger partial charge in [0.15, 0.2) is 4.80 Å². The zero-order valence-corrected chi connectivity index (χ0v) is 13.1. The Bertz CT molecular complexity index is 692. The van der Waals surface area contributed by atoms with Crippen LogP contribution in [-0.2, 0) is 11.3 Å². The number of thiazole rings is 1. The van der Waals surface area contributed by atoms with Crippen molar-refractivity contribution in [3.05, 3.63) is 28.0 Å². The SMILES string of the molecule is CCn1c(=NC(=O)C(C)(C)C)sc2cc(Cl)ccc21. The van der Waals surface area contributed by atoms with E-state index in [1.54, 1.807) is 0 Å². The molecule has 19 heavy (non-hydrogen) atoms. The molecule has 1 aromatic carbocycles. The quantitative estimate of drug-likeness (QED) is 0.787. The van der Waals surface area contributed by atoms with Gasteiger partial charge in [-0.2, -0.15) is 4.99 Å². The van der Waals surface area contributed by atoms with Gasteiger partial charge in [-0.05, 0) is 25.1 Å². The molecule has 5 heteroatoms. The highest BCUT2D eigenvalue weighted by molar-refractivity contribution is 7.16. The van der Waals surface area contributed by atoms with Crippen molar-refractivity contribution in [1.29, 1.82) is 0 Å². The first-order valence-electron chi connectivity index (χ1n) is 6.21. The predicted molar refractivity (Wildman–Crippen MR) is 80.5 cm³/mol. The highest BCUT2D eigenvalue weighted by Gasteiger charge is 2.21. The van der Waals surface area contributed by atoms with Crippen molar-refractivity contribution in [1.82, 2.24) is 4.57 Å². The number of benzene rings is 1. The Hall–Kier alpha value is -1.13. The van der Waals surface area contributed by atoms with E-state index in [-0.39, 0.29) is 5.91 Å². The first-order chi connectivity index (χ1) is 8.82. The Morgan fingerprint density at radius 3 is 2.68 bits per heavy atom. The van der Waals surface area contributed by atoms with Crippen LogP contribution in [0.4, 0.5) is 0 Å². The van der Waals surface area contributed by atoms with E-state index in [1.807, 2.05) is 50.5 Å². The lowest BCUT2D eigenvalue weighted by Gasteiger charge is -2.11. The minimum atomic E-state index is -0.459. The topological polar surface area (TPSA) is 34.4 Å². The standard InChI is InChI=1S/C14H17ClN2OS/c1-5-17-10-7-6-9(15)8-11(10)19-13(17)16-12(18)14(2,3)4/h6-8H,5H2,1-4H3. The van der Waals surface area contributed by atoms with Crippen molar-refractivity contribution in [3.63, 3.8) is 0 Å². The van der Waals surface area contributed by atoms with Crippen molar-refractivity contribution in [2.75, 3.05) is 0 Å². The summed E-state index contributed by atoms with van der Waals surface area (Å²) in [6, 6.07) is 5.74. The number of carbonyl (C=O) groups is 1. The van der Waals surface area contributed by atoms with Gasteiger partial charge in [0.1, 0.15) is 0 Å². The maximum absolute atomic E-state index is 12.0. The minimum absolute atomic E-state index is 0.104. The lowest BCUT2D eigenvalue weighted by Crippen LogP contribution is -2.23. The summed E-state index contributed by atoms with van der Waals surface area (Å²) in [5.74, 6) is -0.104. The van der Waals surface area contributed by atoms with Crippen LogP contribution in [0.15, 0.2) is 23.2 Å². The molecule has 2 aromatic rings. The number of fused-ring (bicyclic) bond motifs is 1. The number of aryl methyl sites for hydroxylation is 1. The van der Waals surface area contributed by atoms with Gasteiger partial charge in [0.2, 0.25) is 0 Å². The molecule has 1 amide bonds. The van der Waals surface area contributed by atoms with E-state index in [1.165, 1.54) is 11.3 Å². The summed E-state index contributed by atoms with van der Waals surface area (Å²) in [7, 11) is 0. The predicted octanol–water partition coefficient (Wildman–Crippen LogP) is 3.85. The molecule has 0 radical (unpaired) electrons. The fourth-order valence-electron chi connectivity index (χ4n) is 1.69. The summed E-state index contributed by atoms with van der Waals surface area (Å²) in [5, 5.41) is 0.700. The van der Waals surface area contributed by atoms with Gasteiger partial charge >= 0.3 is 0 Å². The molecule has 0 fully saturated rings. The second kappa shape index (κ2) is 5.10. The van der Waals surface area contributed by atoms with Gasteiger partial charge < -0.3 is 4.57 Å². The van der Waals surface area contributed by atoms with Crippen LogP contribution >= 0.6 is 22.9 Å². The van der Waals surface area contributed by atoms with Crippen LogP contribution in [0.1, 0.15) is 27.7 Å². The van der Waals surface area contributed by atoms with Gasteiger partial charge in [-0.25, -0.2) is 0 Å². The lowest BCUT2D eigenvalue weighted by molar-refractivity contribution is -0.125. The molecule has 0 aliphatic heterocycles. The van der Waals surface area contributed by atoms with E-state index in [4.69, 9.17) is 11.6 Å². The highest BCUT2D eigenvalue weighted by atomic mass is 35.5. The molecule has 0 N–H and O–H groups in total. The fraction of sp³-hybridized carbons (Fsp3) is 0.429. The Morgan fingerprint density at radius 2 is 2.11 bits per heavy atom. The molecule has 0 bridgehead atoms. The van der Waals surface area contributed by atoms with Crippen molar-refractivity contribution in [3.8, 4) is 0 Å². The number of carbonyl (C=O) groups excluding carboxylic acids is 1. The van der Waals surface area contributed by atoms with Crippen LogP contribution in [0.25, 0.3) is 10.2 Å². The molecule has 102 valence electrons. The van der Waals surface area contributed by atoms with E-state index < -0.39 is 5.41 Å². The smallest absolute Gasteiger partial charge is 0.253 e. The monoisotopic (exact) mass is 296 g/mol. The molecule has 0 saturated heterocycles. The number of halogens is 1. The number of hydrogen-bond acceptors (Lipinski definition) is 2. The number of aromatic nitrogens is 1. The summed E-state index contributed by atoms with van der Waals surface area (Å²) in [5.41, 5.74) is 0.608. The number of amides is 1. The van der Waals surface area contributed by atoms with Gasteiger partial charge in [0, 0.05) is 17.0 Å². The normalized spacial score (nSPS) is 13.2. The summed E-state index contributed by atoms with van der Waals surface area (Å²) in [6.45, 7) is 8.44. The van der Waals surface area contributed by atoms with Gasteiger partial charge in [0.05, 0.1) is 10.2 Å². The van der Waals surface area contributed by atoms with Crippen LogP contribution in [0.3, 0.4) is 0 Å². The molecule has 0 aliphatic carbocycles. The van der Waals surface area contributed by atoms with Crippen LogP contribution in [0.5, 0.6) is 0 Å². The van der Waals surface area contributed by atoms with E-state index in [2.05, 4.69) is 4.99 Å². The largest absolute Gasteiger partial charge is 0.317 e. The summed E-state index contributed by atoms with van der Waals surface area (Å²) < 4.78 is 3.09. The van der Waals surface area contributed by atoms with Gasteiger partial charge in [-0.15, -0.1) is 0 Å².